The van der Waals surface area contributed by atoms with Crippen LogP contribution in [0.1, 0.15) is 52.4 Å². The Morgan fingerprint density at radius 3 is 2.40 bits per heavy atom. The zero-order valence-electron chi connectivity index (χ0n) is 9.77. The number of hydrogen-bond donors (Lipinski definition) is 2. The molecule has 0 bridgehead atoms. The van der Waals surface area contributed by atoms with Crippen molar-refractivity contribution in [1.82, 2.24) is 5.32 Å². The maximum atomic E-state index is 10.6. The zero-order chi connectivity index (χ0) is 11.5. The van der Waals surface area contributed by atoms with Crippen molar-refractivity contribution in [3.63, 3.8) is 0 Å². The van der Waals surface area contributed by atoms with E-state index >= 15 is 0 Å². The van der Waals surface area contributed by atoms with E-state index in [-0.39, 0.29) is 11.1 Å². The fourth-order valence-electron chi connectivity index (χ4n) is 1.25. The van der Waals surface area contributed by atoms with Crippen molar-refractivity contribution in [2.75, 3.05) is 5.75 Å². The minimum atomic E-state index is -0.157. The van der Waals surface area contributed by atoms with Gasteiger partial charge in [0.1, 0.15) is 0 Å². The molecule has 2 N–H and O–H groups in total. The Morgan fingerprint density at radius 2 is 1.80 bits per heavy atom. The van der Waals surface area contributed by atoms with E-state index in [0.29, 0.717) is 0 Å². The van der Waals surface area contributed by atoms with Gasteiger partial charge in [0.2, 0.25) is 5.91 Å². The molecule has 1 amide bonds. The lowest BCUT2D eigenvalue weighted by Crippen LogP contribution is -2.24. The predicted molar refractivity (Wildman–Crippen MR) is 67.4 cm³/mol. The molecule has 0 aliphatic rings. The maximum Gasteiger partial charge on any atom is 0.222 e. The van der Waals surface area contributed by atoms with Crippen molar-refractivity contribution in [2.24, 2.45) is 0 Å². The van der Waals surface area contributed by atoms with E-state index in [1.165, 1.54) is 50.8 Å². The van der Waals surface area contributed by atoms with Gasteiger partial charge in [0.05, 0.1) is 0 Å². The molecule has 15 heavy (non-hydrogen) atoms. The highest BCUT2D eigenvalue weighted by atomic mass is 32.2. The minimum Gasteiger partial charge on any atom is -0.306 e. The van der Waals surface area contributed by atoms with Gasteiger partial charge in [0, 0.05) is 12.7 Å². The average molecular weight is 230 g/mol. The summed E-state index contributed by atoms with van der Waals surface area (Å²) in [4.78, 5) is 10.6. The summed E-state index contributed by atoms with van der Waals surface area (Å²) in [5.41, 5.74) is 0. The molecule has 0 aliphatic carbocycles. The van der Waals surface area contributed by atoms with Crippen LogP contribution in [0.25, 0.3) is 0 Å². The van der Waals surface area contributed by atoms with Crippen LogP contribution < -0.4 is 5.32 Å². The quantitative estimate of drug-likeness (QED) is 0.401. The molecule has 88 valence electrons. The predicted octanol–water partition coefficient (Wildman–Crippen LogP) is 3.15. The first-order chi connectivity index (χ1) is 7.16. The third-order valence-corrected chi connectivity index (χ3v) is 2.92. The zero-order valence-corrected chi connectivity index (χ0v) is 10.6. The molecule has 0 saturated heterocycles. The monoisotopic (exact) mass is 230 g/mol. The van der Waals surface area contributed by atoms with Crippen molar-refractivity contribution >= 4 is 22.8 Å². The van der Waals surface area contributed by atoms with Crippen LogP contribution in [0.3, 0.4) is 0 Å². The van der Waals surface area contributed by atoms with E-state index in [1.807, 2.05) is 0 Å². The van der Waals surface area contributed by atoms with E-state index in [9.17, 15) is 4.79 Å². The molecule has 0 aromatic heterocycles. The van der Waals surface area contributed by atoms with Gasteiger partial charge < -0.3 is 5.32 Å². The molecule has 0 unspecified atom stereocenters. The Balaban J connectivity index is 3.16. The highest BCUT2D eigenvalue weighted by Crippen LogP contribution is 2.09. The molecule has 0 atom stereocenters. The number of unbranched alkanes of at least 4 members (excludes halogenated alkanes) is 5. The summed E-state index contributed by atoms with van der Waals surface area (Å²) < 4.78 is 0. The van der Waals surface area contributed by atoms with Crippen LogP contribution in [0.2, 0.25) is 0 Å². The normalized spacial score (nSPS) is 10.0. The number of carbonyl (C=O) groups is 1. The number of rotatable bonds is 7. The van der Waals surface area contributed by atoms with E-state index in [4.69, 9.17) is 5.41 Å². The van der Waals surface area contributed by atoms with E-state index < -0.39 is 0 Å². The van der Waals surface area contributed by atoms with Crippen molar-refractivity contribution in [1.29, 1.82) is 5.41 Å². The van der Waals surface area contributed by atoms with E-state index in [2.05, 4.69) is 12.2 Å². The fourth-order valence-corrected chi connectivity index (χ4v) is 2.02. The van der Waals surface area contributed by atoms with Gasteiger partial charge in [-0.3, -0.25) is 10.2 Å². The maximum absolute atomic E-state index is 10.6. The Bertz CT molecular complexity index is 195. The van der Waals surface area contributed by atoms with Crippen LogP contribution in [-0.2, 0) is 4.79 Å². The van der Waals surface area contributed by atoms with Gasteiger partial charge in [-0.2, -0.15) is 0 Å². The molecule has 0 radical (unpaired) electrons. The van der Waals surface area contributed by atoms with Gasteiger partial charge in [-0.15, -0.1) is 0 Å². The molecular weight excluding hydrogens is 208 g/mol. The number of hydrogen-bond acceptors (Lipinski definition) is 3. The number of amidine groups is 1. The molecule has 0 spiro atoms. The fraction of sp³-hybridized carbons (Fsp3) is 0.818. The molecule has 0 saturated carbocycles. The number of carbonyl (C=O) groups excluding carboxylic acids is 1. The summed E-state index contributed by atoms with van der Waals surface area (Å²) in [6.07, 6.45) is 7.60. The van der Waals surface area contributed by atoms with Crippen molar-refractivity contribution in [3.8, 4) is 0 Å². The Kier molecular flexibility index (Phi) is 9.68. The molecule has 0 heterocycles. The van der Waals surface area contributed by atoms with Crippen LogP contribution in [-0.4, -0.2) is 16.8 Å². The van der Waals surface area contributed by atoms with Gasteiger partial charge in [-0.1, -0.05) is 50.8 Å². The topological polar surface area (TPSA) is 53.0 Å². The third kappa shape index (κ3) is 11.4. The van der Waals surface area contributed by atoms with Gasteiger partial charge in [0.25, 0.3) is 0 Å². The second-order valence-corrected chi connectivity index (χ2v) is 4.73. The van der Waals surface area contributed by atoms with Gasteiger partial charge in [0.15, 0.2) is 5.17 Å². The molecule has 0 aromatic carbocycles. The molecule has 4 heteroatoms. The SMILES string of the molecule is CCCCCCCCSC(=N)NC(C)=O. The smallest absolute Gasteiger partial charge is 0.222 e. The number of nitrogens with one attached hydrogen (secondary N) is 2. The van der Waals surface area contributed by atoms with Gasteiger partial charge in [-0.05, 0) is 6.42 Å². The lowest BCUT2D eigenvalue weighted by Gasteiger charge is -2.03. The highest BCUT2D eigenvalue weighted by Gasteiger charge is 1.99. The highest BCUT2D eigenvalue weighted by molar-refractivity contribution is 8.13. The van der Waals surface area contributed by atoms with Crippen LogP contribution in [0.5, 0.6) is 0 Å². The molecule has 0 aliphatic heterocycles. The first-order valence-corrected chi connectivity index (χ1v) is 6.64. The summed E-state index contributed by atoms with van der Waals surface area (Å²) >= 11 is 1.42. The van der Waals surface area contributed by atoms with E-state index in [1.54, 1.807) is 0 Å². The van der Waals surface area contributed by atoms with Crippen LogP contribution in [0, 0.1) is 5.41 Å². The largest absolute Gasteiger partial charge is 0.306 e. The molecule has 0 rings (SSSR count). The first-order valence-electron chi connectivity index (χ1n) is 5.65. The first kappa shape index (κ1) is 14.5. The van der Waals surface area contributed by atoms with Crippen molar-refractivity contribution in [2.45, 2.75) is 52.4 Å². The van der Waals surface area contributed by atoms with E-state index in [0.717, 1.165) is 12.2 Å². The Hall–Kier alpha value is -0.510. The second-order valence-electron chi connectivity index (χ2n) is 3.63. The number of thioether (sulfide) groups is 1. The lowest BCUT2D eigenvalue weighted by molar-refractivity contribution is -0.117. The van der Waals surface area contributed by atoms with Gasteiger partial charge in [-0.25, -0.2) is 0 Å². The summed E-state index contributed by atoms with van der Waals surface area (Å²) in [5, 5.41) is 10.1. The Labute approximate surface area is 96.9 Å². The van der Waals surface area contributed by atoms with Crippen LogP contribution in [0.15, 0.2) is 0 Å². The van der Waals surface area contributed by atoms with Crippen LogP contribution in [0.4, 0.5) is 0 Å². The molecule has 0 aromatic rings. The summed E-state index contributed by atoms with van der Waals surface area (Å²) in [7, 11) is 0. The summed E-state index contributed by atoms with van der Waals surface area (Å²) in [5.74, 6) is 0.779. The van der Waals surface area contributed by atoms with Crippen molar-refractivity contribution < 1.29 is 4.79 Å². The molecular formula is C11H22N2OS. The molecule has 0 fully saturated rings. The molecule has 3 nitrogen and oxygen atoms in total. The standard InChI is InChI=1S/C11H22N2OS/c1-3-4-5-6-7-8-9-15-11(12)13-10(2)14/h3-9H2,1-2H3,(H2,12,13,14). The second kappa shape index (κ2) is 10.0. The third-order valence-electron chi connectivity index (χ3n) is 2.03. The average Bonchev–Trinajstić information content (AvgIpc) is 2.15. The van der Waals surface area contributed by atoms with Gasteiger partial charge >= 0.3 is 0 Å². The Morgan fingerprint density at radius 1 is 1.20 bits per heavy atom. The number of amides is 1. The minimum absolute atomic E-state index is 0.157. The summed E-state index contributed by atoms with van der Waals surface area (Å²) in [6.45, 7) is 3.64. The van der Waals surface area contributed by atoms with Crippen molar-refractivity contribution in [3.05, 3.63) is 0 Å². The lowest BCUT2D eigenvalue weighted by atomic mass is 10.1. The summed E-state index contributed by atoms with van der Waals surface area (Å²) in [6, 6.07) is 0. The van der Waals surface area contributed by atoms with Crippen LogP contribution >= 0.6 is 11.8 Å².